The van der Waals surface area contributed by atoms with E-state index in [1.807, 2.05) is 4.90 Å². The van der Waals surface area contributed by atoms with Crippen LogP contribution in [0.15, 0.2) is 54.9 Å². The van der Waals surface area contributed by atoms with Gasteiger partial charge in [-0.25, -0.2) is 9.97 Å². The topological polar surface area (TPSA) is 106 Å². The van der Waals surface area contributed by atoms with Gasteiger partial charge >= 0.3 is 12.1 Å². The predicted octanol–water partition coefficient (Wildman–Crippen LogP) is 4.14. The Hall–Kier alpha value is -4.19. The Labute approximate surface area is 210 Å². The minimum Gasteiger partial charge on any atom is -0.494 e. The maximum Gasteiger partial charge on any atom is 0.416 e. The molecule has 0 saturated carbocycles. The average molecular weight is 515 g/mol. The fourth-order valence-electron chi connectivity index (χ4n) is 3.89. The van der Waals surface area contributed by atoms with Crippen LogP contribution < -0.4 is 15.4 Å². The molecule has 37 heavy (non-hydrogen) atoms. The lowest BCUT2D eigenvalue weighted by atomic mass is 10.1. The molecule has 2 N–H and O–H groups in total. The number of hydrogen-bond acceptors (Lipinski definition) is 8. The molecular weight excluding hydrogens is 491 g/mol. The van der Waals surface area contributed by atoms with Crippen molar-refractivity contribution in [2.24, 2.45) is 0 Å². The molecule has 0 bridgehead atoms. The molecular formula is C25H24F3N5O4. The minimum atomic E-state index is -4.49. The van der Waals surface area contributed by atoms with Gasteiger partial charge in [0.25, 0.3) is 0 Å². The van der Waals surface area contributed by atoms with Gasteiger partial charge in [0, 0.05) is 36.3 Å². The van der Waals surface area contributed by atoms with Crippen molar-refractivity contribution >= 4 is 40.0 Å². The number of amides is 1. The van der Waals surface area contributed by atoms with Crippen LogP contribution in [0.25, 0.3) is 10.9 Å². The van der Waals surface area contributed by atoms with Crippen molar-refractivity contribution in [1.82, 2.24) is 14.9 Å². The number of nitrogens with one attached hydrogen (secondary N) is 2. The van der Waals surface area contributed by atoms with E-state index in [1.54, 1.807) is 25.1 Å². The molecule has 1 fully saturated rings. The van der Waals surface area contributed by atoms with Crippen LogP contribution in [0.2, 0.25) is 0 Å². The fraction of sp³-hybridized carbons (Fsp3) is 0.280. The second-order valence-electron chi connectivity index (χ2n) is 8.38. The third-order valence-corrected chi connectivity index (χ3v) is 5.50. The number of esters is 1. The molecule has 1 amide bonds. The smallest absolute Gasteiger partial charge is 0.416 e. The molecule has 3 aromatic rings. The van der Waals surface area contributed by atoms with Crippen molar-refractivity contribution in [3.8, 4) is 5.75 Å². The van der Waals surface area contributed by atoms with Gasteiger partial charge in [-0.15, -0.1) is 0 Å². The highest BCUT2D eigenvalue weighted by molar-refractivity contribution is 6.03. The summed E-state index contributed by atoms with van der Waals surface area (Å²) in [5.41, 5.74) is 0.172. The van der Waals surface area contributed by atoms with Crippen LogP contribution in [-0.2, 0) is 20.5 Å². The van der Waals surface area contributed by atoms with E-state index in [9.17, 15) is 22.8 Å². The summed E-state index contributed by atoms with van der Waals surface area (Å²) < 4.78 is 49.8. The molecule has 4 rings (SSSR count). The van der Waals surface area contributed by atoms with E-state index < -0.39 is 17.6 Å². The molecule has 2 aromatic carbocycles. The second kappa shape index (κ2) is 10.8. The maximum atomic E-state index is 13.1. The Bertz CT molecular complexity index is 1350. The average Bonchev–Trinajstić information content (AvgIpc) is 2.83. The SMILES string of the molecule is COc1cc2ncnc(Nc3cccc(C(F)(F)F)c3)c2cc1NC(=O)C=CCN1CC(=O)O[C@H](C)C1. The Kier molecular flexibility index (Phi) is 7.58. The van der Waals surface area contributed by atoms with Crippen molar-refractivity contribution in [2.45, 2.75) is 19.2 Å². The van der Waals surface area contributed by atoms with E-state index in [2.05, 4.69) is 20.6 Å². The third kappa shape index (κ3) is 6.53. The van der Waals surface area contributed by atoms with Gasteiger partial charge < -0.3 is 20.1 Å². The van der Waals surface area contributed by atoms with E-state index >= 15 is 0 Å². The summed E-state index contributed by atoms with van der Waals surface area (Å²) in [6.45, 7) is 2.90. The number of carbonyl (C=O) groups is 2. The van der Waals surface area contributed by atoms with Crippen LogP contribution in [0.3, 0.4) is 0 Å². The number of aromatic nitrogens is 2. The highest BCUT2D eigenvalue weighted by Crippen LogP contribution is 2.35. The quantitative estimate of drug-likeness (QED) is 0.357. The van der Waals surface area contributed by atoms with Gasteiger partial charge in [-0.1, -0.05) is 12.1 Å². The monoisotopic (exact) mass is 515 g/mol. The van der Waals surface area contributed by atoms with Gasteiger partial charge in [-0.3, -0.25) is 14.5 Å². The lowest BCUT2D eigenvalue weighted by Gasteiger charge is -2.29. The zero-order valence-electron chi connectivity index (χ0n) is 20.0. The lowest BCUT2D eigenvalue weighted by Crippen LogP contribution is -2.44. The normalized spacial score (nSPS) is 16.6. The summed E-state index contributed by atoms with van der Waals surface area (Å²) in [6.07, 6.45) is -0.448. The predicted molar refractivity (Wildman–Crippen MR) is 131 cm³/mol. The van der Waals surface area contributed by atoms with Crippen molar-refractivity contribution in [3.05, 3.63) is 60.4 Å². The van der Waals surface area contributed by atoms with Crippen LogP contribution in [0.5, 0.6) is 5.75 Å². The summed E-state index contributed by atoms with van der Waals surface area (Å²) in [7, 11) is 1.44. The second-order valence-corrected chi connectivity index (χ2v) is 8.38. The van der Waals surface area contributed by atoms with E-state index in [1.165, 1.54) is 31.6 Å². The molecule has 0 unspecified atom stereocenters. The summed E-state index contributed by atoms with van der Waals surface area (Å²) >= 11 is 0. The molecule has 1 aliphatic heterocycles. The van der Waals surface area contributed by atoms with Crippen molar-refractivity contribution < 1.29 is 32.2 Å². The first-order chi connectivity index (χ1) is 17.6. The number of benzene rings is 2. The molecule has 12 heteroatoms. The van der Waals surface area contributed by atoms with Crippen LogP contribution in [0.4, 0.5) is 30.4 Å². The number of cyclic esters (lactones) is 1. The maximum absolute atomic E-state index is 13.1. The number of hydrogen-bond donors (Lipinski definition) is 2. The van der Waals surface area contributed by atoms with Gasteiger partial charge in [0.2, 0.25) is 5.91 Å². The van der Waals surface area contributed by atoms with Crippen molar-refractivity contribution in [1.29, 1.82) is 0 Å². The molecule has 1 aliphatic rings. The van der Waals surface area contributed by atoms with E-state index in [0.29, 0.717) is 35.4 Å². The van der Waals surface area contributed by atoms with Crippen LogP contribution >= 0.6 is 0 Å². The number of alkyl halides is 3. The zero-order valence-corrected chi connectivity index (χ0v) is 20.0. The first kappa shape index (κ1) is 25.9. The number of rotatable bonds is 7. The number of anilines is 3. The number of halogens is 3. The molecule has 0 aliphatic carbocycles. The fourth-order valence-corrected chi connectivity index (χ4v) is 3.89. The lowest BCUT2D eigenvalue weighted by molar-refractivity contribution is -0.156. The molecule has 1 aromatic heterocycles. The largest absolute Gasteiger partial charge is 0.494 e. The van der Waals surface area contributed by atoms with Crippen molar-refractivity contribution in [3.63, 3.8) is 0 Å². The summed E-state index contributed by atoms with van der Waals surface area (Å²) in [5, 5.41) is 6.09. The first-order valence-corrected chi connectivity index (χ1v) is 11.3. The van der Waals surface area contributed by atoms with Crippen LogP contribution in [0.1, 0.15) is 12.5 Å². The molecule has 2 heterocycles. The Morgan fingerprint density at radius 3 is 2.81 bits per heavy atom. The van der Waals surface area contributed by atoms with Crippen LogP contribution in [-0.4, -0.2) is 59.6 Å². The molecule has 1 atom stereocenters. The molecule has 0 spiro atoms. The highest BCUT2D eigenvalue weighted by Gasteiger charge is 2.30. The van der Waals surface area contributed by atoms with Crippen molar-refractivity contribution in [2.75, 3.05) is 37.4 Å². The summed E-state index contributed by atoms with van der Waals surface area (Å²) in [4.78, 5) is 34.4. The van der Waals surface area contributed by atoms with Gasteiger partial charge in [-0.2, -0.15) is 13.2 Å². The number of morpholine rings is 1. The first-order valence-electron chi connectivity index (χ1n) is 11.3. The Morgan fingerprint density at radius 2 is 2.08 bits per heavy atom. The Morgan fingerprint density at radius 1 is 1.27 bits per heavy atom. The summed E-state index contributed by atoms with van der Waals surface area (Å²) in [6, 6.07) is 7.92. The number of nitrogens with zero attached hydrogens (tertiary/aromatic N) is 3. The third-order valence-electron chi connectivity index (χ3n) is 5.50. The van der Waals surface area contributed by atoms with Gasteiger partial charge in [0.1, 0.15) is 24.0 Å². The van der Waals surface area contributed by atoms with E-state index in [-0.39, 0.29) is 30.1 Å². The van der Waals surface area contributed by atoms with Gasteiger partial charge in [0.05, 0.1) is 30.4 Å². The summed E-state index contributed by atoms with van der Waals surface area (Å²) in [5.74, 6) is -0.154. The molecule has 9 nitrogen and oxygen atoms in total. The van der Waals surface area contributed by atoms with E-state index in [4.69, 9.17) is 9.47 Å². The number of methoxy groups -OCH3 is 1. The van der Waals surface area contributed by atoms with Crippen LogP contribution in [0, 0.1) is 0 Å². The van der Waals surface area contributed by atoms with Gasteiger partial charge in [0.15, 0.2) is 0 Å². The minimum absolute atomic E-state index is 0.149. The molecule has 0 radical (unpaired) electrons. The standard InChI is InChI=1S/C25H24F3N5O4/c1-15-12-33(13-23(35)37-15)8-4-7-22(34)32-20-10-18-19(11-21(20)36-2)29-14-30-24(18)31-17-6-3-5-16(9-17)25(26,27)28/h3-7,9-11,14-15H,8,12-13H2,1-2H3,(H,32,34)(H,29,30,31)/t15-/m1/s1. The number of carbonyl (C=O) groups excluding carboxylic acids is 2. The molecule has 194 valence electrons. The molecule has 1 saturated heterocycles. The highest BCUT2D eigenvalue weighted by atomic mass is 19.4. The Balaban J connectivity index is 1.53. The van der Waals surface area contributed by atoms with Gasteiger partial charge in [-0.05, 0) is 31.2 Å². The van der Waals surface area contributed by atoms with E-state index in [0.717, 1.165) is 12.1 Å². The zero-order chi connectivity index (χ0) is 26.6. The number of ether oxygens (including phenoxy) is 2. The number of fused-ring (bicyclic) bond motifs is 1.